The fourth-order valence-electron chi connectivity index (χ4n) is 1.06. The second-order valence-electron chi connectivity index (χ2n) is 2.71. The van der Waals surface area contributed by atoms with Gasteiger partial charge in [-0.3, -0.25) is 4.79 Å². The van der Waals surface area contributed by atoms with Gasteiger partial charge in [0, 0.05) is 0 Å². The van der Waals surface area contributed by atoms with Crippen LogP contribution in [0.1, 0.15) is 0 Å². The summed E-state index contributed by atoms with van der Waals surface area (Å²) in [7, 11) is 0. The van der Waals surface area contributed by atoms with Crippen LogP contribution in [0.15, 0.2) is 42.5 Å². The Kier molecular flexibility index (Phi) is 7.46. The summed E-state index contributed by atoms with van der Waals surface area (Å²) in [5, 5.41) is 9.79. The number of carbonyl (C=O) groups is 2. The topological polar surface area (TPSA) is 54.4 Å². The zero-order valence-corrected chi connectivity index (χ0v) is 10.9. The van der Waals surface area contributed by atoms with Gasteiger partial charge in [-0.2, -0.15) is 0 Å². The zero-order chi connectivity index (χ0) is 11.1. The van der Waals surface area contributed by atoms with E-state index in [0.717, 1.165) is 0 Å². The molecular weight excluding hydrogens is 215 g/mol. The van der Waals surface area contributed by atoms with E-state index in [1.54, 1.807) is 0 Å². The van der Waals surface area contributed by atoms with Crippen molar-refractivity contribution in [1.82, 2.24) is 0 Å². The summed E-state index contributed by atoms with van der Waals surface area (Å²) < 4.78 is 0. The Bertz CT molecular complexity index is 403. The van der Waals surface area contributed by atoms with Gasteiger partial charge < -0.3 is 5.11 Å². The van der Waals surface area contributed by atoms with Gasteiger partial charge in [0.2, 0.25) is 6.29 Å². The normalized spacial score (nSPS) is 8.25. The van der Waals surface area contributed by atoms with Crippen molar-refractivity contribution in [2.75, 3.05) is 0 Å². The van der Waals surface area contributed by atoms with E-state index in [9.17, 15) is 0 Å². The van der Waals surface area contributed by atoms with Gasteiger partial charge in [-0.1, -0.05) is 12.1 Å². The number of aldehydes is 1. The van der Waals surface area contributed by atoms with Crippen LogP contribution >= 0.6 is 0 Å². The Morgan fingerprint density at radius 3 is 2.31 bits per heavy atom. The monoisotopic (exact) mass is 224 g/mol. The molecule has 0 aliphatic carbocycles. The molecule has 0 amide bonds. The van der Waals surface area contributed by atoms with E-state index in [0.29, 0.717) is 0 Å². The molecule has 0 saturated heterocycles. The van der Waals surface area contributed by atoms with E-state index in [-0.39, 0.29) is 35.8 Å². The number of hydrogen-bond donors (Lipinski definition) is 1. The van der Waals surface area contributed by atoms with Gasteiger partial charge in [-0.15, -0.1) is 47.2 Å². The molecule has 0 saturated carbocycles. The molecule has 1 N–H and O–H groups in total. The van der Waals surface area contributed by atoms with E-state index < -0.39 is 5.97 Å². The number of rotatable bonds is 1. The largest absolute Gasteiger partial charge is 1.00 e. The Morgan fingerprint density at radius 1 is 1.19 bits per heavy atom. The molecule has 2 aromatic rings. The van der Waals surface area contributed by atoms with Gasteiger partial charge in [0.05, 0.1) is 0 Å². The molecule has 0 aliphatic heterocycles. The molecule has 0 unspecified atom stereocenters. The SMILES string of the molecule is O=CC(=O)O.[Na+].[c-]1cccc2ccccc12. The van der Waals surface area contributed by atoms with Gasteiger partial charge >= 0.3 is 35.5 Å². The van der Waals surface area contributed by atoms with Gasteiger partial charge in [-0.25, -0.2) is 4.79 Å². The second kappa shape index (κ2) is 8.05. The third-order valence-corrected chi connectivity index (χ3v) is 1.67. The van der Waals surface area contributed by atoms with E-state index in [1.165, 1.54) is 10.8 Å². The van der Waals surface area contributed by atoms with Crippen molar-refractivity contribution < 1.29 is 44.3 Å². The minimum atomic E-state index is -1.43. The van der Waals surface area contributed by atoms with Crippen molar-refractivity contribution in [3.05, 3.63) is 48.5 Å². The summed E-state index contributed by atoms with van der Waals surface area (Å²) in [4.78, 5) is 17.9. The van der Waals surface area contributed by atoms with Crippen LogP contribution < -0.4 is 29.6 Å². The Labute approximate surface area is 115 Å². The first-order chi connectivity index (χ1) is 7.24. The molecule has 2 aromatic carbocycles. The van der Waals surface area contributed by atoms with Crippen molar-refractivity contribution in [2.45, 2.75) is 0 Å². The number of carboxylic acid groups (broad SMARTS) is 1. The van der Waals surface area contributed by atoms with Crippen molar-refractivity contribution in [3.63, 3.8) is 0 Å². The van der Waals surface area contributed by atoms with Crippen molar-refractivity contribution in [1.29, 1.82) is 0 Å². The third kappa shape index (κ3) is 5.07. The van der Waals surface area contributed by atoms with Crippen molar-refractivity contribution in [3.8, 4) is 0 Å². The van der Waals surface area contributed by atoms with Crippen LogP contribution in [0, 0.1) is 6.07 Å². The van der Waals surface area contributed by atoms with Crippen LogP contribution in [0.25, 0.3) is 10.8 Å². The molecule has 0 aliphatic rings. The van der Waals surface area contributed by atoms with Gasteiger partial charge in [0.15, 0.2) is 0 Å². The fourth-order valence-corrected chi connectivity index (χ4v) is 1.06. The van der Waals surface area contributed by atoms with Crippen LogP contribution in [-0.4, -0.2) is 17.4 Å². The van der Waals surface area contributed by atoms with Gasteiger partial charge in [-0.05, 0) is 0 Å². The first kappa shape index (κ1) is 14.8. The van der Waals surface area contributed by atoms with Crippen LogP contribution in [0.5, 0.6) is 0 Å². The maximum atomic E-state index is 9.00. The average Bonchev–Trinajstić information content (AvgIpc) is 2.30. The molecule has 3 nitrogen and oxygen atoms in total. The van der Waals surface area contributed by atoms with Crippen molar-refractivity contribution in [2.24, 2.45) is 0 Å². The average molecular weight is 224 g/mol. The molecule has 0 aromatic heterocycles. The maximum Gasteiger partial charge on any atom is 1.00 e. The molecule has 76 valence electrons. The van der Waals surface area contributed by atoms with Gasteiger partial charge in [0.25, 0.3) is 0 Å². The van der Waals surface area contributed by atoms with Crippen LogP contribution in [0.4, 0.5) is 0 Å². The number of benzene rings is 2. The summed E-state index contributed by atoms with van der Waals surface area (Å²) >= 11 is 0. The minimum absolute atomic E-state index is 0. The standard InChI is InChI=1S/C10H7.C2H2O3.Na/c1-2-6-10-8-4-3-7-9(10)5-1;3-1-2(4)5;/h1-7H;1H,(H,4,5);/q-1;;+1. The number of carboxylic acids is 1. The molecule has 4 heteroatoms. The predicted molar refractivity (Wildman–Crippen MR) is 56.5 cm³/mol. The Balaban J connectivity index is 0.000000330. The second-order valence-corrected chi connectivity index (χ2v) is 2.71. The third-order valence-electron chi connectivity index (χ3n) is 1.67. The molecule has 0 spiro atoms. The summed E-state index contributed by atoms with van der Waals surface area (Å²) in [6.07, 6.45) is -0.167. The molecule has 0 radical (unpaired) electrons. The first-order valence-corrected chi connectivity index (χ1v) is 4.27. The smallest absolute Gasteiger partial charge is 0.476 e. The van der Waals surface area contributed by atoms with Crippen LogP contribution in [0.3, 0.4) is 0 Å². The predicted octanol–water partition coefficient (Wildman–Crippen LogP) is -1.09. The minimum Gasteiger partial charge on any atom is -0.476 e. The Hall–Kier alpha value is -1.16. The first-order valence-electron chi connectivity index (χ1n) is 4.27. The van der Waals surface area contributed by atoms with E-state index >= 15 is 0 Å². The summed E-state index contributed by atoms with van der Waals surface area (Å²) in [5.41, 5.74) is 0. The van der Waals surface area contributed by atoms with Crippen LogP contribution in [-0.2, 0) is 9.59 Å². The van der Waals surface area contributed by atoms with E-state index in [4.69, 9.17) is 14.7 Å². The fraction of sp³-hybridized carbons (Fsp3) is 0. The van der Waals surface area contributed by atoms with E-state index in [2.05, 4.69) is 24.3 Å². The number of fused-ring (bicyclic) bond motifs is 1. The number of aliphatic carboxylic acids is 1. The molecule has 2 rings (SSSR count). The number of carbonyl (C=O) groups excluding carboxylic acids is 1. The summed E-state index contributed by atoms with van der Waals surface area (Å²) in [6, 6.07) is 17.4. The van der Waals surface area contributed by atoms with Crippen LogP contribution in [0.2, 0.25) is 0 Å². The molecule has 0 atom stereocenters. The van der Waals surface area contributed by atoms with Gasteiger partial charge in [0.1, 0.15) is 0 Å². The summed E-state index contributed by atoms with van der Waals surface area (Å²) in [6.45, 7) is 0. The zero-order valence-electron chi connectivity index (χ0n) is 8.88. The Morgan fingerprint density at radius 2 is 1.75 bits per heavy atom. The molecule has 16 heavy (non-hydrogen) atoms. The molecule has 0 bridgehead atoms. The number of hydrogen-bond acceptors (Lipinski definition) is 2. The quantitative estimate of drug-likeness (QED) is 0.290. The molecule has 0 heterocycles. The van der Waals surface area contributed by atoms with Crippen molar-refractivity contribution >= 4 is 23.0 Å². The molecular formula is C12H9NaO3. The van der Waals surface area contributed by atoms with E-state index in [1.807, 2.05) is 24.3 Å². The molecule has 0 fully saturated rings. The summed E-state index contributed by atoms with van der Waals surface area (Å²) in [5.74, 6) is -1.43. The maximum absolute atomic E-state index is 9.00.